The van der Waals surface area contributed by atoms with E-state index in [4.69, 9.17) is 9.26 Å². The lowest BCUT2D eigenvalue weighted by Crippen LogP contribution is -2.31. The minimum atomic E-state index is -3.98. The van der Waals surface area contributed by atoms with Gasteiger partial charge in [0.2, 0.25) is 0 Å². The van der Waals surface area contributed by atoms with Crippen LogP contribution >= 0.6 is 0 Å². The number of nitrogens with one attached hydrogen (secondary N) is 1. The lowest BCUT2D eigenvalue weighted by atomic mass is 10.2. The molecule has 22 heavy (non-hydrogen) atoms. The number of nitrogens with zero attached hydrogens (tertiary/aromatic N) is 1. The summed E-state index contributed by atoms with van der Waals surface area (Å²) in [5.74, 6) is 0.0422. The van der Waals surface area contributed by atoms with Crippen molar-refractivity contribution in [3.05, 3.63) is 41.3 Å². The molecule has 1 amide bonds. The van der Waals surface area contributed by atoms with Gasteiger partial charge in [-0.2, -0.15) is 0 Å². The number of hydrogen-bond donors (Lipinski definition) is 1. The fourth-order valence-electron chi connectivity index (χ4n) is 1.92. The molecule has 0 fully saturated rings. The molecule has 8 heteroatoms. The van der Waals surface area contributed by atoms with Gasteiger partial charge >= 0.3 is 0 Å². The van der Waals surface area contributed by atoms with Crippen LogP contribution in [0.2, 0.25) is 0 Å². The molecule has 1 aromatic carbocycles. The van der Waals surface area contributed by atoms with Crippen LogP contribution in [0.3, 0.4) is 0 Å². The molecule has 2 aromatic rings. The molecular weight excluding hydrogens is 308 g/mol. The van der Waals surface area contributed by atoms with Gasteiger partial charge in [0.05, 0.1) is 17.2 Å². The molecular formula is C14H16N2O5S. The molecule has 1 N–H and O–H groups in total. The highest BCUT2D eigenvalue weighted by atomic mass is 32.2. The number of benzene rings is 1. The average molecular weight is 324 g/mol. The Bertz CT molecular complexity index is 759. The number of rotatable bonds is 5. The first-order chi connectivity index (χ1) is 10.3. The quantitative estimate of drug-likeness (QED) is 0.900. The number of aryl methyl sites for hydroxylation is 2. The predicted octanol–water partition coefficient (Wildman–Crippen LogP) is 1.81. The van der Waals surface area contributed by atoms with Crippen LogP contribution in [0.25, 0.3) is 0 Å². The summed E-state index contributed by atoms with van der Waals surface area (Å²) in [5, 5.41) is 3.62. The molecule has 0 saturated carbocycles. The van der Waals surface area contributed by atoms with Crippen LogP contribution in [-0.4, -0.2) is 26.1 Å². The molecule has 0 spiro atoms. The van der Waals surface area contributed by atoms with Crippen molar-refractivity contribution in [2.45, 2.75) is 25.7 Å². The first kappa shape index (κ1) is 16.0. The summed E-state index contributed by atoms with van der Waals surface area (Å²) in [4.78, 5) is 12.1. The molecule has 0 radical (unpaired) electrons. The van der Waals surface area contributed by atoms with Gasteiger partial charge in [-0.1, -0.05) is 5.16 Å². The Balaban J connectivity index is 2.22. The third-order valence-corrected chi connectivity index (χ3v) is 4.28. The summed E-state index contributed by atoms with van der Waals surface area (Å²) in [6, 6.07) is 5.79. The second-order valence-corrected chi connectivity index (χ2v) is 6.22. The second kappa shape index (κ2) is 6.18. The van der Waals surface area contributed by atoms with E-state index in [0.29, 0.717) is 18.1 Å². The van der Waals surface area contributed by atoms with Gasteiger partial charge in [-0.3, -0.25) is 4.79 Å². The number of carbonyl (C=O) groups is 1. The molecule has 0 aliphatic heterocycles. The molecule has 0 aliphatic carbocycles. The van der Waals surface area contributed by atoms with E-state index in [-0.39, 0.29) is 16.2 Å². The Hall–Kier alpha value is -2.35. The first-order valence-corrected chi connectivity index (χ1v) is 8.06. The zero-order valence-electron chi connectivity index (χ0n) is 12.4. The maximum absolute atomic E-state index is 12.2. The van der Waals surface area contributed by atoms with Crippen LogP contribution in [-0.2, 0) is 10.0 Å². The van der Waals surface area contributed by atoms with Crippen molar-refractivity contribution in [3.63, 3.8) is 0 Å². The van der Waals surface area contributed by atoms with Gasteiger partial charge in [-0.05, 0) is 45.0 Å². The highest BCUT2D eigenvalue weighted by molar-refractivity contribution is 7.90. The van der Waals surface area contributed by atoms with Crippen molar-refractivity contribution in [2.24, 2.45) is 0 Å². The highest BCUT2D eigenvalue weighted by Gasteiger charge is 2.23. The summed E-state index contributed by atoms with van der Waals surface area (Å²) in [6.07, 6.45) is 0. The topological polar surface area (TPSA) is 98.5 Å². The van der Waals surface area contributed by atoms with Crippen molar-refractivity contribution in [1.82, 2.24) is 9.88 Å². The van der Waals surface area contributed by atoms with E-state index in [9.17, 15) is 13.2 Å². The monoisotopic (exact) mass is 324 g/mol. The van der Waals surface area contributed by atoms with E-state index in [1.54, 1.807) is 13.8 Å². The van der Waals surface area contributed by atoms with E-state index in [2.05, 4.69) is 5.16 Å². The number of aromatic nitrogens is 1. The Morgan fingerprint density at radius 1 is 1.27 bits per heavy atom. The molecule has 0 saturated heterocycles. The molecule has 0 bridgehead atoms. The van der Waals surface area contributed by atoms with Gasteiger partial charge in [-0.25, -0.2) is 13.1 Å². The zero-order chi connectivity index (χ0) is 16.3. The van der Waals surface area contributed by atoms with Crippen LogP contribution in [0, 0.1) is 13.8 Å². The largest absolute Gasteiger partial charge is 0.494 e. The molecule has 0 atom stereocenters. The van der Waals surface area contributed by atoms with Gasteiger partial charge in [0.1, 0.15) is 17.1 Å². The highest BCUT2D eigenvalue weighted by Crippen LogP contribution is 2.17. The maximum atomic E-state index is 12.2. The number of amides is 1. The maximum Gasteiger partial charge on any atom is 0.270 e. The fraction of sp³-hybridized carbons (Fsp3) is 0.286. The second-order valence-electron chi connectivity index (χ2n) is 4.54. The number of carbonyl (C=O) groups excluding carboxylic acids is 1. The summed E-state index contributed by atoms with van der Waals surface area (Å²) in [7, 11) is -3.98. The number of ether oxygens (including phenoxy) is 1. The zero-order valence-corrected chi connectivity index (χ0v) is 13.2. The third-order valence-electron chi connectivity index (χ3n) is 2.93. The standard InChI is InChI=1S/C14H16N2O5S/c1-4-20-11-5-7-12(8-6-11)22(18,19)16-14(17)13-9(2)15-21-10(13)3/h5-8H,4H2,1-3H3,(H,16,17). The molecule has 7 nitrogen and oxygen atoms in total. The van der Waals surface area contributed by atoms with Crippen LogP contribution in [0.1, 0.15) is 28.7 Å². The van der Waals surface area contributed by atoms with Gasteiger partial charge in [0.15, 0.2) is 0 Å². The van der Waals surface area contributed by atoms with Crippen LogP contribution in [0.4, 0.5) is 0 Å². The molecule has 2 rings (SSSR count). The Kier molecular flexibility index (Phi) is 4.51. The number of hydrogen-bond acceptors (Lipinski definition) is 6. The summed E-state index contributed by atoms with van der Waals surface area (Å²) in [6.45, 7) is 5.41. The van der Waals surface area contributed by atoms with E-state index in [1.165, 1.54) is 24.3 Å². The summed E-state index contributed by atoms with van der Waals surface area (Å²) >= 11 is 0. The minimum absolute atomic E-state index is 0.0314. The lowest BCUT2D eigenvalue weighted by molar-refractivity contribution is 0.0979. The fourth-order valence-corrected chi connectivity index (χ4v) is 2.88. The van der Waals surface area contributed by atoms with Gasteiger partial charge in [0, 0.05) is 0 Å². The van der Waals surface area contributed by atoms with Crippen LogP contribution in [0.5, 0.6) is 5.75 Å². The lowest BCUT2D eigenvalue weighted by Gasteiger charge is -2.08. The minimum Gasteiger partial charge on any atom is -0.494 e. The van der Waals surface area contributed by atoms with Gasteiger partial charge in [-0.15, -0.1) is 0 Å². The van der Waals surface area contributed by atoms with Gasteiger partial charge < -0.3 is 9.26 Å². The molecule has 118 valence electrons. The van der Waals surface area contributed by atoms with Gasteiger partial charge in [0.25, 0.3) is 15.9 Å². The van der Waals surface area contributed by atoms with Crippen LogP contribution in [0.15, 0.2) is 33.7 Å². The summed E-state index contributed by atoms with van der Waals surface area (Å²) in [5.41, 5.74) is 0.450. The van der Waals surface area contributed by atoms with Crippen molar-refractivity contribution < 1.29 is 22.5 Å². The van der Waals surface area contributed by atoms with Crippen molar-refractivity contribution in [2.75, 3.05) is 6.61 Å². The average Bonchev–Trinajstić information content (AvgIpc) is 2.78. The predicted molar refractivity (Wildman–Crippen MR) is 78.2 cm³/mol. The van der Waals surface area contributed by atoms with E-state index in [0.717, 1.165) is 0 Å². The normalized spacial score (nSPS) is 11.2. The van der Waals surface area contributed by atoms with Crippen molar-refractivity contribution in [1.29, 1.82) is 0 Å². The first-order valence-electron chi connectivity index (χ1n) is 6.58. The molecule has 1 heterocycles. The molecule has 0 aliphatic rings. The van der Waals surface area contributed by atoms with Crippen molar-refractivity contribution >= 4 is 15.9 Å². The van der Waals surface area contributed by atoms with E-state index >= 15 is 0 Å². The Morgan fingerprint density at radius 2 is 1.91 bits per heavy atom. The SMILES string of the molecule is CCOc1ccc(S(=O)(=O)NC(=O)c2c(C)noc2C)cc1. The molecule has 0 unspecified atom stereocenters. The Morgan fingerprint density at radius 3 is 2.41 bits per heavy atom. The van der Waals surface area contributed by atoms with Crippen LogP contribution < -0.4 is 9.46 Å². The smallest absolute Gasteiger partial charge is 0.270 e. The Labute approximate surface area is 128 Å². The number of sulfonamides is 1. The van der Waals surface area contributed by atoms with E-state index in [1.807, 2.05) is 11.6 Å². The van der Waals surface area contributed by atoms with E-state index < -0.39 is 15.9 Å². The molecule has 1 aromatic heterocycles. The summed E-state index contributed by atoms with van der Waals surface area (Å²) < 4.78 is 36.5. The third kappa shape index (κ3) is 3.28. The van der Waals surface area contributed by atoms with Crippen molar-refractivity contribution in [3.8, 4) is 5.75 Å².